The number of methoxy groups -OCH3 is 1. The molecule has 1 saturated heterocycles. The van der Waals surface area contributed by atoms with Crippen LogP contribution in [-0.2, 0) is 9.53 Å². The van der Waals surface area contributed by atoms with Crippen LogP contribution < -0.4 is 15.5 Å². The standard InChI is InChI=1S/C12H15N3O3/c1-18-8-11(16)14-9-2-4-10(5-3-9)15-7-6-13-12(15)17/h2-5H,6-8H2,1H3,(H,13,17)(H,14,16). The van der Waals surface area contributed by atoms with E-state index in [9.17, 15) is 9.59 Å². The van der Waals surface area contributed by atoms with Crippen LogP contribution in [0.2, 0.25) is 0 Å². The summed E-state index contributed by atoms with van der Waals surface area (Å²) in [5.74, 6) is -0.204. The molecule has 1 heterocycles. The smallest absolute Gasteiger partial charge is 0.321 e. The van der Waals surface area contributed by atoms with E-state index in [-0.39, 0.29) is 18.5 Å². The molecule has 2 rings (SSSR count). The van der Waals surface area contributed by atoms with Gasteiger partial charge in [0.25, 0.3) is 0 Å². The molecular weight excluding hydrogens is 234 g/mol. The summed E-state index contributed by atoms with van der Waals surface area (Å²) in [6.07, 6.45) is 0. The molecule has 0 bridgehead atoms. The van der Waals surface area contributed by atoms with Gasteiger partial charge in [-0.15, -0.1) is 0 Å². The van der Waals surface area contributed by atoms with Gasteiger partial charge < -0.3 is 15.4 Å². The Morgan fingerprint density at radius 2 is 2.17 bits per heavy atom. The van der Waals surface area contributed by atoms with Gasteiger partial charge in [0.15, 0.2) is 0 Å². The molecule has 0 unspecified atom stereocenters. The maximum absolute atomic E-state index is 11.5. The molecular formula is C12H15N3O3. The molecule has 18 heavy (non-hydrogen) atoms. The summed E-state index contributed by atoms with van der Waals surface area (Å²) >= 11 is 0. The highest BCUT2D eigenvalue weighted by molar-refractivity contribution is 5.95. The van der Waals surface area contributed by atoms with E-state index in [4.69, 9.17) is 4.74 Å². The lowest BCUT2D eigenvalue weighted by atomic mass is 10.2. The van der Waals surface area contributed by atoms with Crippen molar-refractivity contribution < 1.29 is 14.3 Å². The van der Waals surface area contributed by atoms with Crippen molar-refractivity contribution in [2.24, 2.45) is 0 Å². The van der Waals surface area contributed by atoms with Crippen LogP contribution in [0.3, 0.4) is 0 Å². The summed E-state index contributed by atoms with van der Waals surface area (Å²) in [7, 11) is 1.47. The number of nitrogens with one attached hydrogen (secondary N) is 2. The van der Waals surface area contributed by atoms with Crippen LogP contribution >= 0.6 is 0 Å². The van der Waals surface area contributed by atoms with E-state index in [2.05, 4.69) is 10.6 Å². The maximum Gasteiger partial charge on any atom is 0.321 e. The van der Waals surface area contributed by atoms with Gasteiger partial charge in [0, 0.05) is 31.6 Å². The highest BCUT2D eigenvalue weighted by Crippen LogP contribution is 2.19. The zero-order chi connectivity index (χ0) is 13.0. The van der Waals surface area contributed by atoms with E-state index >= 15 is 0 Å². The first-order chi connectivity index (χ1) is 8.70. The molecule has 0 aliphatic carbocycles. The first kappa shape index (κ1) is 12.4. The van der Waals surface area contributed by atoms with Gasteiger partial charge >= 0.3 is 6.03 Å². The minimum Gasteiger partial charge on any atom is -0.375 e. The molecule has 1 fully saturated rings. The predicted molar refractivity (Wildman–Crippen MR) is 67.7 cm³/mol. The largest absolute Gasteiger partial charge is 0.375 e. The van der Waals surface area contributed by atoms with Gasteiger partial charge in [0.2, 0.25) is 5.91 Å². The molecule has 0 atom stereocenters. The van der Waals surface area contributed by atoms with Crippen molar-refractivity contribution in [2.75, 3.05) is 37.0 Å². The monoisotopic (exact) mass is 249 g/mol. The summed E-state index contributed by atoms with van der Waals surface area (Å²) < 4.78 is 4.72. The number of carbonyl (C=O) groups excluding carboxylic acids is 2. The Morgan fingerprint density at radius 1 is 1.44 bits per heavy atom. The van der Waals surface area contributed by atoms with Gasteiger partial charge in [-0.3, -0.25) is 9.69 Å². The molecule has 1 aliphatic heterocycles. The Hall–Kier alpha value is -2.08. The van der Waals surface area contributed by atoms with Gasteiger partial charge in [-0.05, 0) is 24.3 Å². The molecule has 0 saturated carbocycles. The molecule has 6 nitrogen and oxygen atoms in total. The Bertz CT molecular complexity index is 444. The second-order valence-electron chi connectivity index (χ2n) is 3.91. The van der Waals surface area contributed by atoms with Gasteiger partial charge in [0.05, 0.1) is 0 Å². The number of anilines is 2. The molecule has 2 N–H and O–H groups in total. The molecule has 1 aromatic rings. The number of nitrogens with zero attached hydrogens (tertiary/aromatic N) is 1. The highest BCUT2D eigenvalue weighted by Gasteiger charge is 2.20. The molecule has 1 aliphatic rings. The summed E-state index contributed by atoms with van der Waals surface area (Å²) in [5.41, 5.74) is 1.50. The lowest BCUT2D eigenvalue weighted by Gasteiger charge is -2.14. The average molecular weight is 249 g/mol. The highest BCUT2D eigenvalue weighted by atomic mass is 16.5. The third-order valence-electron chi connectivity index (χ3n) is 2.59. The van der Waals surface area contributed by atoms with Crippen molar-refractivity contribution in [3.05, 3.63) is 24.3 Å². The Balaban J connectivity index is 2.01. The molecule has 3 amide bonds. The SMILES string of the molecule is COCC(=O)Nc1ccc(N2CCNC2=O)cc1. The van der Waals surface area contributed by atoms with Crippen LogP contribution in [-0.4, -0.2) is 38.7 Å². The van der Waals surface area contributed by atoms with Crippen LogP contribution in [0.15, 0.2) is 24.3 Å². The number of hydrogen-bond donors (Lipinski definition) is 2. The van der Waals surface area contributed by atoms with Crippen LogP contribution in [0.25, 0.3) is 0 Å². The molecule has 0 spiro atoms. The van der Waals surface area contributed by atoms with E-state index in [0.29, 0.717) is 18.8 Å². The number of rotatable bonds is 4. The van der Waals surface area contributed by atoms with Crippen molar-refractivity contribution >= 4 is 23.3 Å². The molecule has 6 heteroatoms. The zero-order valence-corrected chi connectivity index (χ0v) is 10.1. The maximum atomic E-state index is 11.5. The van der Waals surface area contributed by atoms with Crippen molar-refractivity contribution in [3.63, 3.8) is 0 Å². The summed E-state index contributed by atoms with van der Waals surface area (Å²) in [5, 5.41) is 5.42. The fourth-order valence-electron chi connectivity index (χ4n) is 1.77. The van der Waals surface area contributed by atoms with Gasteiger partial charge in [-0.2, -0.15) is 0 Å². The van der Waals surface area contributed by atoms with Gasteiger partial charge in [-0.25, -0.2) is 4.79 Å². The van der Waals surface area contributed by atoms with Crippen LogP contribution in [0, 0.1) is 0 Å². The Kier molecular flexibility index (Phi) is 3.78. The van der Waals surface area contributed by atoms with Crippen LogP contribution in [0.1, 0.15) is 0 Å². The van der Waals surface area contributed by atoms with Crippen molar-refractivity contribution in [2.45, 2.75) is 0 Å². The summed E-state index contributed by atoms with van der Waals surface area (Å²) in [6, 6.07) is 7.02. The number of ether oxygens (including phenoxy) is 1. The fraction of sp³-hybridized carbons (Fsp3) is 0.333. The van der Waals surface area contributed by atoms with Crippen LogP contribution in [0.4, 0.5) is 16.2 Å². The zero-order valence-electron chi connectivity index (χ0n) is 10.1. The first-order valence-corrected chi connectivity index (χ1v) is 5.65. The summed E-state index contributed by atoms with van der Waals surface area (Å²) in [4.78, 5) is 24.4. The van der Waals surface area contributed by atoms with E-state index in [1.807, 2.05) is 0 Å². The number of urea groups is 1. The van der Waals surface area contributed by atoms with E-state index in [0.717, 1.165) is 5.69 Å². The average Bonchev–Trinajstić information content (AvgIpc) is 2.77. The second-order valence-corrected chi connectivity index (χ2v) is 3.91. The molecule has 1 aromatic carbocycles. The third kappa shape index (κ3) is 2.78. The van der Waals surface area contributed by atoms with Crippen molar-refractivity contribution in [1.82, 2.24) is 5.32 Å². The second kappa shape index (κ2) is 5.50. The van der Waals surface area contributed by atoms with E-state index in [1.54, 1.807) is 29.2 Å². The fourth-order valence-corrected chi connectivity index (χ4v) is 1.77. The molecule has 0 aromatic heterocycles. The van der Waals surface area contributed by atoms with Gasteiger partial charge in [0.1, 0.15) is 6.61 Å². The minimum absolute atomic E-state index is 0.0241. The lowest BCUT2D eigenvalue weighted by molar-refractivity contribution is -0.119. The Morgan fingerprint density at radius 3 is 2.72 bits per heavy atom. The van der Waals surface area contributed by atoms with E-state index < -0.39 is 0 Å². The van der Waals surface area contributed by atoms with Crippen molar-refractivity contribution in [3.8, 4) is 0 Å². The number of benzene rings is 1. The van der Waals surface area contributed by atoms with Crippen molar-refractivity contribution in [1.29, 1.82) is 0 Å². The predicted octanol–water partition coefficient (Wildman–Crippen LogP) is 0.801. The summed E-state index contributed by atoms with van der Waals surface area (Å²) in [6.45, 7) is 1.34. The minimum atomic E-state index is -0.204. The quantitative estimate of drug-likeness (QED) is 0.829. The van der Waals surface area contributed by atoms with Crippen LogP contribution in [0.5, 0.6) is 0 Å². The lowest BCUT2D eigenvalue weighted by Crippen LogP contribution is -2.27. The first-order valence-electron chi connectivity index (χ1n) is 5.65. The third-order valence-corrected chi connectivity index (χ3v) is 2.59. The Labute approximate surface area is 105 Å². The molecule has 96 valence electrons. The number of amides is 3. The topological polar surface area (TPSA) is 70.7 Å². The van der Waals surface area contributed by atoms with Gasteiger partial charge in [-0.1, -0.05) is 0 Å². The molecule has 0 radical (unpaired) electrons. The van der Waals surface area contributed by atoms with E-state index in [1.165, 1.54) is 7.11 Å². The normalized spacial score (nSPS) is 14.5. The number of carbonyl (C=O) groups is 2. The number of hydrogen-bond acceptors (Lipinski definition) is 3.